The number of aromatic nitrogens is 2. The first kappa shape index (κ1) is 17.8. The molecule has 0 aromatic carbocycles. The van der Waals surface area contributed by atoms with Gasteiger partial charge in [-0.15, -0.1) is 0 Å². The van der Waals surface area contributed by atoms with Gasteiger partial charge in [0.15, 0.2) is 17.6 Å². The van der Waals surface area contributed by atoms with E-state index in [1.165, 1.54) is 14.2 Å². The van der Waals surface area contributed by atoms with Gasteiger partial charge in [-0.2, -0.15) is 4.98 Å². The Kier molecular flexibility index (Phi) is 5.82. The van der Waals surface area contributed by atoms with E-state index in [-0.39, 0.29) is 11.8 Å². The summed E-state index contributed by atoms with van der Waals surface area (Å²) in [5, 5.41) is 38.9. The number of nitrogen functional groups attached to an aromatic ring is 1. The van der Waals surface area contributed by atoms with Gasteiger partial charge in [-0.25, -0.2) is 0 Å². The first-order chi connectivity index (χ1) is 10.2. The lowest BCUT2D eigenvalue weighted by molar-refractivity contribution is -0.137. The zero-order valence-corrected chi connectivity index (χ0v) is 11.9. The number of methoxy groups -OCH3 is 1. The van der Waals surface area contributed by atoms with E-state index in [4.69, 9.17) is 15.6 Å². The van der Waals surface area contributed by atoms with Crippen LogP contribution in [0.5, 0.6) is 6.01 Å². The van der Waals surface area contributed by atoms with Crippen LogP contribution in [-0.2, 0) is 11.8 Å². The van der Waals surface area contributed by atoms with E-state index in [0.717, 1.165) is 4.57 Å². The Morgan fingerprint density at radius 1 is 1.45 bits per heavy atom. The molecule has 22 heavy (non-hydrogen) atoms. The summed E-state index contributed by atoms with van der Waals surface area (Å²) < 4.78 is 5.78. The number of aliphatic hydroxyl groups excluding tert-OH is 4. The van der Waals surface area contributed by atoms with Gasteiger partial charge in [-0.05, 0) is 0 Å². The molecule has 0 aliphatic carbocycles. The van der Waals surface area contributed by atoms with Crippen LogP contribution < -0.4 is 21.3 Å². The molecule has 0 radical (unpaired) electrons. The second-order valence-corrected chi connectivity index (χ2v) is 4.40. The molecule has 0 aliphatic heterocycles. The third kappa shape index (κ3) is 3.51. The van der Waals surface area contributed by atoms with Crippen LogP contribution in [0.15, 0.2) is 4.79 Å². The van der Waals surface area contributed by atoms with Crippen LogP contribution in [0.25, 0.3) is 0 Å². The van der Waals surface area contributed by atoms with Crippen molar-refractivity contribution in [3.05, 3.63) is 10.4 Å². The molecule has 11 nitrogen and oxygen atoms in total. The number of nitrogens with one attached hydrogen (secondary N) is 1. The molecule has 1 amide bonds. The number of nitrogens with zero attached hydrogens (tertiary/aromatic N) is 2. The van der Waals surface area contributed by atoms with E-state index >= 15 is 0 Å². The minimum atomic E-state index is -2.09. The number of nitrogens with two attached hydrogens (primary N) is 1. The summed E-state index contributed by atoms with van der Waals surface area (Å²) in [6, 6.07) is -0.0863. The smallest absolute Gasteiger partial charge is 0.300 e. The highest BCUT2D eigenvalue weighted by Gasteiger charge is 2.31. The lowest BCUT2D eigenvalue weighted by Gasteiger charge is -2.21. The second kappa shape index (κ2) is 7.17. The number of amides is 1. The average Bonchev–Trinajstić information content (AvgIpc) is 2.52. The molecular weight excluding hydrogens is 300 g/mol. The van der Waals surface area contributed by atoms with E-state index in [1.807, 2.05) is 5.32 Å². The third-order valence-corrected chi connectivity index (χ3v) is 2.88. The van der Waals surface area contributed by atoms with Crippen molar-refractivity contribution in [3.63, 3.8) is 0 Å². The molecule has 0 bridgehead atoms. The van der Waals surface area contributed by atoms with Crippen LogP contribution in [-0.4, -0.2) is 67.9 Å². The summed E-state index contributed by atoms with van der Waals surface area (Å²) in [7, 11) is 2.60. The Balaban J connectivity index is 3.03. The van der Waals surface area contributed by atoms with Gasteiger partial charge in [0.05, 0.1) is 13.7 Å². The molecule has 1 aromatic heterocycles. The quantitative estimate of drug-likeness (QED) is 0.308. The number of aliphatic hydroxyl groups is 4. The van der Waals surface area contributed by atoms with Gasteiger partial charge >= 0.3 is 6.01 Å². The standard InChI is InChI=1S/C11H18N4O7/c1-15-10(21)5(8(12)14-11(15)22-2)13-9(20)7(19)6(18)4(17)3-16/h4,6-7,16-19H,3,12H2,1-2H3,(H,13,20)/t4-,6-,7+/m1/s1. The summed E-state index contributed by atoms with van der Waals surface area (Å²) in [4.78, 5) is 27.5. The maximum atomic E-state index is 12.0. The maximum absolute atomic E-state index is 12.0. The minimum Gasteiger partial charge on any atom is -0.468 e. The van der Waals surface area contributed by atoms with Crippen LogP contribution >= 0.6 is 0 Å². The molecule has 0 aliphatic rings. The average molecular weight is 318 g/mol. The zero-order chi connectivity index (χ0) is 17.0. The predicted octanol–water partition coefficient (Wildman–Crippen LogP) is -3.62. The predicted molar refractivity (Wildman–Crippen MR) is 74.2 cm³/mol. The van der Waals surface area contributed by atoms with Crippen molar-refractivity contribution in [1.82, 2.24) is 9.55 Å². The fourth-order valence-corrected chi connectivity index (χ4v) is 1.57. The number of hydrogen-bond acceptors (Lipinski definition) is 9. The van der Waals surface area contributed by atoms with Crippen LogP contribution in [0.4, 0.5) is 11.5 Å². The van der Waals surface area contributed by atoms with Crippen LogP contribution in [0.1, 0.15) is 0 Å². The highest BCUT2D eigenvalue weighted by molar-refractivity contribution is 5.96. The number of rotatable bonds is 6. The molecular formula is C11H18N4O7. The largest absolute Gasteiger partial charge is 0.468 e. The topological polar surface area (TPSA) is 180 Å². The van der Waals surface area contributed by atoms with Crippen molar-refractivity contribution < 1.29 is 30.0 Å². The Morgan fingerprint density at radius 3 is 2.55 bits per heavy atom. The normalized spacial score (nSPS) is 15.0. The molecule has 7 N–H and O–H groups in total. The molecule has 124 valence electrons. The first-order valence-electron chi connectivity index (χ1n) is 6.11. The molecule has 3 atom stereocenters. The number of carbonyl (C=O) groups excluding carboxylic acids is 1. The summed E-state index contributed by atoms with van der Waals surface area (Å²) >= 11 is 0. The van der Waals surface area contributed by atoms with Gasteiger partial charge in [0, 0.05) is 7.05 Å². The Labute approximate surface area is 124 Å². The summed E-state index contributed by atoms with van der Waals surface area (Å²) in [6.07, 6.45) is -5.76. The number of hydrogen-bond donors (Lipinski definition) is 6. The fourth-order valence-electron chi connectivity index (χ4n) is 1.57. The zero-order valence-electron chi connectivity index (χ0n) is 11.9. The SMILES string of the molecule is COc1nc(N)c(NC(=O)[C@@H](O)[C@H](O)[C@H](O)CO)c(=O)n1C. The van der Waals surface area contributed by atoms with Gasteiger partial charge in [0.2, 0.25) is 0 Å². The minimum absolute atomic E-state index is 0.0863. The summed E-state index contributed by atoms with van der Waals surface area (Å²) in [5.41, 5.74) is 4.36. The lowest BCUT2D eigenvalue weighted by atomic mass is 10.1. The van der Waals surface area contributed by atoms with Crippen molar-refractivity contribution in [2.45, 2.75) is 18.3 Å². The molecule has 1 aromatic rings. The van der Waals surface area contributed by atoms with E-state index in [1.54, 1.807) is 0 Å². The third-order valence-electron chi connectivity index (χ3n) is 2.88. The van der Waals surface area contributed by atoms with Gasteiger partial charge in [0.25, 0.3) is 11.5 Å². The van der Waals surface area contributed by atoms with Crippen LogP contribution in [0.2, 0.25) is 0 Å². The molecule has 0 spiro atoms. The van der Waals surface area contributed by atoms with E-state index in [0.29, 0.717) is 0 Å². The Bertz CT molecular complexity index is 603. The maximum Gasteiger partial charge on any atom is 0.300 e. The lowest BCUT2D eigenvalue weighted by Crippen LogP contribution is -2.46. The number of carbonyl (C=O) groups is 1. The van der Waals surface area contributed by atoms with Crippen molar-refractivity contribution in [3.8, 4) is 6.01 Å². The van der Waals surface area contributed by atoms with Crippen molar-refractivity contribution in [2.75, 3.05) is 24.8 Å². The number of anilines is 2. The van der Waals surface area contributed by atoms with E-state index in [2.05, 4.69) is 4.98 Å². The van der Waals surface area contributed by atoms with E-state index in [9.17, 15) is 24.9 Å². The molecule has 1 heterocycles. The van der Waals surface area contributed by atoms with Crippen molar-refractivity contribution >= 4 is 17.4 Å². The fraction of sp³-hybridized carbons (Fsp3) is 0.545. The second-order valence-electron chi connectivity index (χ2n) is 4.40. The summed E-state index contributed by atoms with van der Waals surface area (Å²) in [6.45, 7) is -0.862. The highest BCUT2D eigenvalue weighted by Crippen LogP contribution is 2.15. The number of ether oxygens (including phenoxy) is 1. The van der Waals surface area contributed by atoms with Gasteiger partial charge in [-0.3, -0.25) is 14.2 Å². The molecule has 1 rings (SSSR count). The molecule has 0 fully saturated rings. The van der Waals surface area contributed by atoms with Gasteiger partial charge in [-0.1, -0.05) is 0 Å². The Hall–Kier alpha value is -2.21. The molecule has 0 saturated carbocycles. The van der Waals surface area contributed by atoms with E-state index < -0.39 is 42.1 Å². The molecule has 0 unspecified atom stereocenters. The van der Waals surface area contributed by atoms with Crippen molar-refractivity contribution in [1.29, 1.82) is 0 Å². The monoisotopic (exact) mass is 318 g/mol. The molecule has 0 saturated heterocycles. The highest BCUT2D eigenvalue weighted by atomic mass is 16.5. The summed E-state index contributed by atoms with van der Waals surface area (Å²) in [5.74, 6) is -1.55. The van der Waals surface area contributed by atoms with Gasteiger partial charge in [0.1, 0.15) is 12.2 Å². The Morgan fingerprint density at radius 2 is 2.05 bits per heavy atom. The first-order valence-corrected chi connectivity index (χ1v) is 6.11. The molecule has 11 heteroatoms. The van der Waals surface area contributed by atoms with Crippen molar-refractivity contribution in [2.24, 2.45) is 7.05 Å². The van der Waals surface area contributed by atoms with Crippen LogP contribution in [0.3, 0.4) is 0 Å². The van der Waals surface area contributed by atoms with Crippen LogP contribution in [0, 0.1) is 0 Å². The van der Waals surface area contributed by atoms with Gasteiger partial charge < -0.3 is 36.2 Å².